The Kier molecular flexibility index (Phi) is 8.26. The van der Waals surface area contributed by atoms with Crippen molar-refractivity contribution in [2.45, 2.75) is 12.8 Å². The minimum Gasteiger partial charge on any atom is -1.00 e. The van der Waals surface area contributed by atoms with E-state index < -0.39 is 0 Å². The summed E-state index contributed by atoms with van der Waals surface area (Å²) < 4.78 is 5.30. The Labute approximate surface area is 126 Å². The predicted molar refractivity (Wildman–Crippen MR) is 75.0 cm³/mol. The van der Waals surface area contributed by atoms with Crippen LogP contribution in [0.25, 0.3) is 0 Å². The number of morpholine rings is 1. The molecular weight excluding hydrogens is 276 g/mol. The fraction of sp³-hybridized carbons (Fsp3) is 0.533. The molecule has 1 aliphatic heterocycles. The van der Waals surface area contributed by atoms with Gasteiger partial charge in [0.25, 0.3) is 0 Å². The van der Waals surface area contributed by atoms with E-state index in [1.807, 2.05) is 30.3 Å². The van der Waals surface area contributed by atoms with E-state index in [4.69, 9.17) is 4.74 Å². The van der Waals surface area contributed by atoms with E-state index >= 15 is 0 Å². The zero-order chi connectivity index (χ0) is 13.3. The van der Waals surface area contributed by atoms with Crippen molar-refractivity contribution >= 4 is 5.91 Å². The summed E-state index contributed by atoms with van der Waals surface area (Å²) in [6, 6.07) is 9.84. The molecule has 1 amide bonds. The van der Waals surface area contributed by atoms with Gasteiger partial charge in [-0.15, -0.1) is 0 Å². The lowest BCUT2D eigenvalue weighted by molar-refractivity contribution is -0.120. The molecule has 0 unspecified atom stereocenters. The second kappa shape index (κ2) is 9.75. The summed E-state index contributed by atoms with van der Waals surface area (Å²) in [4.78, 5) is 14.1. The summed E-state index contributed by atoms with van der Waals surface area (Å²) in [6.07, 6.45) is 1.47. The van der Waals surface area contributed by atoms with Crippen LogP contribution in [0.3, 0.4) is 0 Å². The van der Waals surface area contributed by atoms with E-state index in [9.17, 15) is 4.79 Å². The number of halogens is 1. The molecule has 1 aromatic carbocycles. The minimum absolute atomic E-state index is 0. The summed E-state index contributed by atoms with van der Waals surface area (Å²) >= 11 is 0. The molecule has 112 valence electrons. The van der Waals surface area contributed by atoms with Gasteiger partial charge in [-0.05, 0) is 18.5 Å². The summed E-state index contributed by atoms with van der Waals surface area (Å²) in [7, 11) is 0. The van der Waals surface area contributed by atoms with Crippen LogP contribution in [0.1, 0.15) is 12.0 Å². The quantitative estimate of drug-likeness (QED) is 0.622. The number of ether oxygens (including phenoxy) is 1. The average molecular weight is 298 g/mol. The maximum Gasteiger partial charge on any atom is 0.224 e. The van der Waals surface area contributed by atoms with Crippen LogP contribution in [0.2, 0.25) is 0 Å². The van der Waals surface area contributed by atoms with Crippen molar-refractivity contribution in [3.63, 3.8) is 0 Å². The van der Waals surface area contributed by atoms with Crippen LogP contribution >= 0.6 is 0 Å². The molecular formula is C15H22ClN2O2-. The van der Waals surface area contributed by atoms with Gasteiger partial charge in [-0.25, -0.2) is 0 Å². The van der Waals surface area contributed by atoms with Crippen molar-refractivity contribution in [1.82, 2.24) is 10.2 Å². The molecule has 20 heavy (non-hydrogen) atoms. The van der Waals surface area contributed by atoms with Crippen molar-refractivity contribution in [2.75, 3.05) is 39.4 Å². The maximum absolute atomic E-state index is 11.7. The summed E-state index contributed by atoms with van der Waals surface area (Å²) in [5.41, 5.74) is 1.06. The zero-order valence-corrected chi connectivity index (χ0v) is 12.4. The highest BCUT2D eigenvalue weighted by Crippen LogP contribution is 2.00. The van der Waals surface area contributed by atoms with E-state index in [-0.39, 0.29) is 18.3 Å². The average Bonchev–Trinajstić information content (AvgIpc) is 2.46. The SMILES string of the molecule is O=C(Cc1ccccc1)NCCCN1CCOCC1.[Cl-]. The molecule has 0 atom stereocenters. The first-order valence-corrected chi connectivity index (χ1v) is 6.95. The van der Waals surface area contributed by atoms with Gasteiger partial charge in [0.2, 0.25) is 5.91 Å². The van der Waals surface area contributed by atoms with Gasteiger partial charge in [0.05, 0.1) is 19.6 Å². The third kappa shape index (κ3) is 6.37. The number of carbonyl (C=O) groups is 1. The number of rotatable bonds is 6. The Hall–Kier alpha value is -1.10. The van der Waals surface area contributed by atoms with Gasteiger partial charge in [0.15, 0.2) is 0 Å². The van der Waals surface area contributed by atoms with Crippen molar-refractivity contribution in [2.24, 2.45) is 0 Å². The first-order chi connectivity index (χ1) is 9.34. The molecule has 1 aromatic rings. The van der Waals surface area contributed by atoms with Gasteiger partial charge >= 0.3 is 0 Å². The fourth-order valence-electron chi connectivity index (χ4n) is 2.20. The van der Waals surface area contributed by atoms with Gasteiger partial charge in [-0.3, -0.25) is 9.69 Å². The predicted octanol–water partition coefficient (Wildman–Crippen LogP) is -1.93. The first kappa shape index (κ1) is 17.0. The molecule has 1 heterocycles. The van der Waals surface area contributed by atoms with Gasteiger partial charge < -0.3 is 22.5 Å². The van der Waals surface area contributed by atoms with Crippen LogP contribution < -0.4 is 17.7 Å². The molecule has 0 radical (unpaired) electrons. The Morgan fingerprint density at radius 1 is 1.20 bits per heavy atom. The van der Waals surface area contributed by atoms with Gasteiger partial charge in [0, 0.05) is 19.6 Å². The second-order valence-corrected chi connectivity index (χ2v) is 4.82. The molecule has 0 saturated carbocycles. The molecule has 1 saturated heterocycles. The third-order valence-corrected chi connectivity index (χ3v) is 3.28. The highest BCUT2D eigenvalue weighted by Gasteiger charge is 2.09. The standard InChI is InChI=1S/C15H22N2O2.ClH/c18-15(13-14-5-2-1-3-6-14)16-7-4-8-17-9-11-19-12-10-17;/h1-3,5-6H,4,7-13H2,(H,16,18);1H/p-1. The molecule has 0 aromatic heterocycles. The monoisotopic (exact) mass is 297 g/mol. The van der Waals surface area contributed by atoms with Gasteiger partial charge in [-0.2, -0.15) is 0 Å². The van der Waals surface area contributed by atoms with Crippen LogP contribution in [0.4, 0.5) is 0 Å². The number of nitrogens with zero attached hydrogens (tertiary/aromatic N) is 1. The molecule has 1 aliphatic rings. The highest BCUT2D eigenvalue weighted by atomic mass is 35.5. The Morgan fingerprint density at radius 3 is 2.60 bits per heavy atom. The normalized spacial score (nSPS) is 15.4. The lowest BCUT2D eigenvalue weighted by atomic mass is 10.1. The number of carbonyl (C=O) groups excluding carboxylic acids is 1. The van der Waals surface area contributed by atoms with E-state index in [2.05, 4.69) is 10.2 Å². The van der Waals surface area contributed by atoms with Crippen molar-refractivity contribution in [3.8, 4) is 0 Å². The number of hydrogen-bond donors (Lipinski definition) is 1. The Morgan fingerprint density at radius 2 is 1.90 bits per heavy atom. The molecule has 1 fully saturated rings. The lowest BCUT2D eigenvalue weighted by Crippen LogP contribution is -3.00. The molecule has 0 bridgehead atoms. The van der Waals surface area contributed by atoms with E-state index in [0.717, 1.165) is 51.4 Å². The van der Waals surface area contributed by atoms with Crippen molar-refractivity contribution in [3.05, 3.63) is 35.9 Å². The summed E-state index contributed by atoms with van der Waals surface area (Å²) in [5, 5.41) is 2.97. The van der Waals surface area contributed by atoms with E-state index in [0.29, 0.717) is 6.42 Å². The smallest absolute Gasteiger partial charge is 0.224 e. The van der Waals surface area contributed by atoms with E-state index in [1.54, 1.807) is 0 Å². The van der Waals surface area contributed by atoms with Crippen LogP contribution in [0.15, 0.2) is 30.3 Å². The number of benzene rings is 1. The maximum atomic E-state index is 11.7. The van der Waals surface area contributed by atoms with Crippen molar-refractivity contribution < 1.29 is 21.9 Å². The van der Waals surface area contributed by atoms with Crippen LogP contribution in [0, 0.1) is 0 Å². The molecule has 4 nitrogen and oxygen atoms in total. The van der Waals surface area contributed by atoms with Gasteiger partial charge in [-0.1, -0.05) is 30.3 Å². The van der Waals surface area contributed by atoms with Crippen molar-refractivity contribution in [1.29, 1.82) is 0 Å². The molecule has 2 rings (SSSR count). The van der Waals surface area contributed by atoms with Crippen LogP contribution in [-0.2, 0) is 16.0 Å². The molecule has 0 aliphatic carbocycles. The molecule has 0 spiro atoms. The topological polar surface area (TPSA) is 41.6 Å². The zero-order valence-electron chi connectivity index (χ0n) is 11.7. The summed E-state index contributed by atoms with van der Waals surface area (Å²) in [5.74, 6) is 0.105. The highest BCUT2D eigenvalue weighted by molar-refractivity contribution is 5.78. The first-order valence-electron chi connectivity index (χ1n) is 6.95. The number of amides is 1. The van der Waals surface area contributed by atoms with E-state index in [1.165, 1.54) is 0 Å². The largest absolute Gasteiger partial charge is 1.00 e. The van der Waals surface area contributed by atoms with Crippen LogP contribution in [0.5, 0.6) is 0 Å². The Balaban J connectivity index is 0.00000200. The molecule has 5 heteroatoms. The molecule has 1 N–H and O–H groups in total. The summed E-state index contributed by atoms with van der Waals surface area (Å²) in [6.45, 7) is 5.48. The fourth-order valence-corrected chi connectivity index (χ4v) is 2.20. The minimum atomic E-state index is 0. The third-order valence-electron chi connectivity index (χ3n) is 3.28. The second-order valence-electron chi connectivity index (χ2n) is 4.82. The number of nitrogens with one attached hydrogen (secondary N) is 1. The number of hydrogen-bond acceptors (Lipinski definition) is 3. The van der Waals surface area contributed by atoms with Crippen LogP contribution in [-0.4, -0.2) is 50.2 Å². The van der Waals surface area contributed by atoms with Gasteiger partial charge in [0.1, 0.15) is 0 Å². The lowest BCUT2D eigenvalue weighted by Gasteiger charge is -2.26. The Bertz CT molecular complexity index is 381.